The van der Waals surface area contributed by atoms with E-state index in [0.29, 0.717) is 11.5 Å². The Morgan fingerprint density at radius 3 is 2.84 bits per heavy atom. The van der Waals surface area contributed by atoms with Crippen LogP contribution in [0.2, 0.25) is 5.02 Å². The molecule has 1 aliphatic heterocycles. The van der Waals surface area contributed by atoms with Crippen LogP contribution in [0.1, 0.15) is 22.1 Å². The van der Waals surface area contributed by atoms with Gasteiger partial charge in [-0.25, -0.2) is 0 Å². The average Bonchev–Trinajstić information content (AvgIpc) is 2.88. The van der Waals surface area contributed by atoms with Crippen LogP contribution in [0.15, 0.2) is 22.7 Å². The van der Waals surface area contributed by atoms with Gasteiger partial charge >= 0.3 is 0 Å². The molecule has 3 rings (SSSR count). The zero-order valence-corrected chi connectivity index (χ0v) is 10.6. The van der Waals surface area contributed by atoms with Gasteiger partial charge in [-0.05, 0) is 19.1 Å². The van der Waals surface area contributed by atoms with Gasteiger partial charge in [-0.1, -0.05) is 22.8 Å². The number of carbonyl (C=O) groups is 2. The average molecular weight is 278 g/mol. The quantitative estimate of drug-likeness (QED) is 0.782. The number of Topliss-reactive ketones (excluding diaryl/α,β-unsaturated/α-hetero) is 1. The van der Waals surface area contributed by atoms with Gasteiger partial charge in [-0.2, -0.15) is 4.98 Å². The molecule has 0 atom stereocenters. The van der Waals surface area contributed by atoms with Crippen molar-refractivity contribution in [2.45, 2.75) is 13.5 Å². The molecule has 6 nitrogen and oxygen atoms in total. The van der Waals surface area contributed by atoms with E-state index in [-0.39, 0.29) is 23.0 Å². The Kier molecular flexibility index (Phi) is 2.60. The Balaban J connectivity index is 2.02. The van der Waals surface area contributed by atoms with Crippen molar-refractivity contribution in [1.29, 1.82) is 0 Å². The molecule has 0 fully saturated rings. The number of rotatable bonds is 2. The normalized spacial score (nSPS) is 14.1. The molecule has 0 aliphatic carbocycles. The Bertz CT molecular complexity index is 695. The maximum atomic E-state index is 12.0. The number of fused-ring (bicyclic) bond motifs is 1. The summed E-state index contributed by atoms with van der Waals surface area (Å²) in [7, 11) is 0. The molecular formula is C12H8ClN3O3. The number of nitrogens with zero attached hydrogens (tertiary/aromatic N) is 3. The van der Waals surface area contributed by atoms with Gasteiger partial charge in [0.1, 0.15) is 6.54 Å². The lowest BCUT2D eigenvalue weighted by Gasteiger charge is -2.13. The smallest absolute Gasteiger partial charge is 0.300 e. The van der Waals surface area contributed by atoms with Gasteiger partial charge in [0, 0.05) is 0 Å². The van der Waals surface area contributed by atoms with Crippen LogP contribution < -0.4 is 4.90 Å². The maximum absolute atomic E-state index is 12.0. The molecule has 2 heterocycles. The highest BCUT2D eigenvalue weighted by Gasteiger charge is 2.38. The third-order valence-electron chi connectivity index (χ3n) is 2.81. The summed E-state index contributed by atoms with van der Waals surface area (Å²) in [4.78, 5) is 29.1. The maximum Gasteiger partial charge on any atom is 0.300 e. The fraction of sp³-hybridized carbons (Fsp3) is 0.167. The molecule has 0 N–H and O–H groups in total. The Hall–Kier alpha value is -2.21. The van der Waals surface area contributed by atoms with Crippen molar-refractivity contribution in [2.75, 3.05) is 4.90 Å². The van der Waals surface area contributed by atoms with Crippen molar-refractivity contribution in [3.8, 4) is 0 Å². The van der Waals surface area contributed by atoms with Crippen molar-refractivity contribution in [3.63, 3.8) is 0 Å². The zero-order valence-electron chi connectivity index (χ0n) is 9.88. The lowest BCUT2D eigenvalue weighted by atomic mass is 10.1. The number of hydrogen-bond donors (Lipinski definition) is 0. The molecule has 2 aromatic rings. The van der Waals surface area contributed by atoms with E-state index < -0.39 is 11.7 Å². The largest absolute Gasteiger partial charge is 0.337 e. The van der Waals surface area contributed by atoms with E-state index in [4.69, 9.17) is 16.1 Å². The van der Waals surface area contributed by atoms with Gasteiger partial charge < -0.3 is 4.52 Å². The van der Waals surface area contributed by atoms with E-state index in [2.05, 4.69) is 10.1 Å². The number of aromatic nitrogens is 2. The first-order valence-corrected chi connectivity index (χ1v) is 5.89. The molecule has 96 valence electrons. The summed E-state index contributed by atoms with van der Waals surface area (Å²) in [6.07, 6.45) is 0. The monoisotopic (exact) mass is 277 g/mol. The third kappa shape index (κ3) is 1.80. The first-order valence-electron chi connectivity index (χ1n) is 5.52. The number of halogens is 1. The second-order valence-electron chi connectivity index (χ2n) is 4.09. The predicted molar refractivity (Wildman–Crippen MR) is 66.0 cm³/mol. The highest BCUT2D eigenvalue weighted by Crippen LogP contribution is 2.34. The number of carbonyl (C=O) groups excluding carboxylic acids is 2. The summed E-state index contributed by atoms with van der Waals surface area (Å²) in [5.41, 5.74) is 0.698. The minimum absolute atomic E-state index is 0.0543. The van der Waals surface area contributed by atoms with Crippen molar-refractivity contribution < 1.29 is 14.1 Å². The fourth-order valence-electron chi connectivity index (χ4n) is 2.00. The molecule has 0 bridgehead atoms. The molecule has 1 aliphatic rings. The number of anilines is 1. The summed E-state index contributed by atoms with van der Waals surface area (Å²) in [6.45, 7) is 1.73. The van der Waals surface area contributed by atoms with Crippen molar-refractivity contribution in [3.05, 3.63) is 40.5 Å². The van der Waals surface area contributed by atoms with Gasteiger partial charge in [0.25, 0.3) is 11.7 Å². The van der Waals surface area contributed by atoms with Crippen LogP contribution in [0.5, 0.6) is 0 Å². The van der Waals surface area contributed by atoms with Gasteiger partial charge in [0.15, 0.2) is 5.82 Å². The summed E-state index contributed by atoms with van der Waals surface area (Å²) >= 11 is 5.95. The Morgan fingerprint density at radius 2 is 2.16 bits per heavy atom. The molecular weight excluding hydrogens is 270 g/mol. The minimum Gasteiger partial charge on any atom is -0.337 e. The van der Waals surface area contributed by atoms with Crippen molar-refractivity contribution in [2.24, 2.45) is 0 Å². The van der Waals surface area contributed by atoms with E-state index in [0.717, 1.165) is 0 Å². The van der Waals surface area contributed by atoms with Gasteiger partial charge in [0.05, 0.1) is 16.3 Å². The van der Waals surface area contributed by atoms with Crippen LogP contribution in [0, 0.1) is 6.92 Å². The number of amides is 1. The molecule has 19 heavy (non-hydrogen) atoms. The van der Waals surface area contributed by atoms with E-state index in [1.54, 1.807) is 25.1 Å². The third-order valence-corrected chi connectivity index (χ3v) is 3.13. The second kappa shape index (κ2) is 4.17. The second-order valence-corrected chi connectivity index (χ2v) is 4.50. The fourth-order valence-corrected chi connectivity index (χ4v) is 2.25. The van der Waals surface area contributed by atoms with Gasteiger partial charge in [-0.3, -0.25) is 14.5 Å². The predicted octanol–water partition coefficient (Wildman–Crippen LogP) is 1.76. The molecule has 7 heteroatoms. The molecule has 0 saturated carbocycles. The molecule has 1 aromatic carbocycles. The minimum atomic E-state index is -0.640. The molecule has 1 amide bonds. The molecule has 0 radical (unpaired) electrons. The van der Waals surface area contributed by atoms with Crippen LogP contribution >= 0.6 is 11.6 Å². The van der Waals surface area contributed by atoms with Crippen molar-refractivity contribution in [1.82, 2.24) is 10.1 Å². The highest BCUT2D eigenvalue weighted by atomic mass is 35.5. The zero-order chi connectivity index (χ0) is 13.6. The lowest BCUT2D eigenvalue weighted by molar-refractivity contribution is -0.114. The molecule has 0 spiro atoms. The summed E-state index contributed by atoms with van der Waals surface area (Å²) in [6, 6.07) is 4.91. The number of ketones is 1. The van der Waals surface area contributed by atoms with Crippen LogP contribution in [0.4, 0.5) is 5.69 Å². The first-order chi connectivity index (χ1) is 9.08. The number of benzene rings is 1. The lowest BCUT2D eigenvalue weighted by Crippen LogP contribution is -2.29. The van der Waals surface area contributed by atoms with E-state index >= 15 is 0 Å². The van der Waals surface area contributed by atoms with Crippen LogP contribution in [-0.2, 0) is 11.3 Å². The van der Waals surface area contributed by atoms with Crippen LogP contribution in [-0.4, -0.2) is 21.8 Å². The van der Waals surface area contributed by atoms with Crippen LogP contribution in [0.25, 0.3) is 0 Å². The van der Waals surface area contributed by atoms with E-state index in [9.17, 15) is 9.59 Å². The molecule has 0 saturated heterocycles. The Labute approximate surface area is 113 Å². The summed E-state index contributed by atoms with van der Waals surface area (Å²) in [5.74, 6) is -0.512. The molecule has 0 unspecified atom stereocenters. The first kappa shape index (κ1) is 11.9. The number of aryl methyl sites for hydroxylation is 1. The van der Waals surface area contributed by atoms with Gasteiger partial charge in [0.2, 0.25) is 5.89 Å². The molecule has 1 aromatic heterocycles. The summed E-state index contributed by atoms with van der Waals surface area (Å²) in [5, 5.41) is 3.91. The SMILES string of the molecule is Cc1noc(CN2C(=O)C(=O)c3c(Cl)cccc32)n1. The summed E-state index contributed by atoms with van der Waals surface area (Å²) < 4.78 is 4.96. The Morgan fingerprint density at radius 1 is 1.37 bits per heavy atom. The van der Waals surface area contributed by atoms with E-state index in [1.807, 2.05) is 0 Å². The number of hydrogen-bond acceptors (Lipinski definition) is 5. The topological polar surface area (TPSA) is 76.3 Å². The highest BCUT2D eigenvalue weighted by molar-refractivity contribution is 6.55. The van der Waals surface area contributed by atoms with Crippen LogP contribution in [0.3, 0.4) is 0 Å². The standard InChI is InChI=1S/C12H8ClN3O3/c1-6-14-9(19-15-6)5-16-8-4-2-3-7(13)10(8)11(17)12(16)18/h2-4H,5H2,1H3. The van der Waals surface area contributed by atoms with Crippen molar-refractivity contribution >= 4 is 29.0 Å². The van der Waals surface area contributed by atoms with E-state index in [1.165, 1.54) is 4.90 Å². The van der Waals surface area contributed by atoms with Gasteiger partial charge in [-0.15, -0.1) is 0 Å².